The Morgan fingerprint density at radius 2 is 2.25 bits per heavy atom. The number of hydrogen-bond donors (Lipinski definition) is 0. The molecule has 0 saturated carbocycles. The minimum atomic E-state index is -0.946. The van der Waals surface area contributed by atoms with Gasteiger partial charge >= 0.3 is 0 Å². The van der Waals surface area contributed by atoms with Crippen molar-refractivity contribution in [2.24, 2.45) is 0 Å². The number of methoxy groups -OCH3 is 1. The summed E-state index contributed by atoms with van der Waals surface area (Å²) < 4.78 is 5.90. The fraction of sp³-hybridized carbons (Fsp3) is 0.143. The minimum Gasteiger partial charge on any atom is -0.496 e. The standard InChI is InChI=1S/C14H9BrClNO2S/c1-19-12-3-2-8(16)6-9(12)10(7-17)13(18)14-11(15)4-5-20-14/h2-6,10H,1H3. The van der Waals surface area contributed by atoms with Crippen LogP contribution in [-0.2, 0) is 0 Å². The molecule has 3 nitrogen and oxygen atoms in total. The van der Waals surface area contributed by atoms with Crippen molar-refractivity contribution in [1.29, 1.82) is 5.26 Å². The molecule has 6 heteroatoms. The molecule has 1 aromatic carbocycles. The predicted molar refractivity (Wildman–Crippen MR) is 82.7 cm³/mol. The van der Waals surface area contributed by atoms with Crippen LogP contribution in [0.15, 0.2) is 34.1 Å². The fourth-order valence-electron chi connectivity index (χ4n) is 1.80. The van der Waals surface area contributed by atoms with Crippen molar-refractivity contribution in [3.05, 3.63) is 49.6 Å². The molecule has 0 aliphatic heterocycles. The lowest BCUT2D eigenvalue weighted by molar-refractivity contribution is 0.0981. The SMILES string of the molecule is COc1ccc(Cl)cc1C(C#N)C(=O)c1sccc1Br. The molecule has 0 bridgehead atoms. The molecular formula is C14H9BrClNO2S. The number of rotatable bonds is 4. The van der Waals surface area contributed by atoms with Crippen LogP contribution < -0.4 is 4.74 Å². The van der Waals surface area contributed by atoms with Gasteiger partial charge in [-0.15, -0.1) is 11.3 Å². The Morgan fingerprint density at radius 1 is 1.50 bits per heavy atom. The van der Waals surface area contributed by atoms with E-state index in [4.69, 9.17) is 16.3 Å². The zero-order valence-electron chi connectivity index (χ0n) is 10.4. The summed E-state index contributed by atoms with van der Waals surface area (Å²) in [5, 5.41) is 11.6. The van der Waals surface area contributed by atoms with Crippen molar-refractivity contribution >= 4 is 44.7 Å². The van der Waals surface area contributed by atoms with Crippen LogP contribution in [0.1, 0.15) is 21.2 Å². The first-order chi connectivity index (χ1) is 9.58. The molecule has 2 rings (SSSR count). The Labute approximate surface area is 133 Å². The Morgan fingerprint density at radius 3 is 2.80 bits per heavy atom. The summed E-state index contributed by atoms with van der Waals surface area (Å²) >= 11 is 10.6. The summed E-state index contributed by atoms with van der Waals surface area (Å²) in [7, 11) is 1.49. The van der Waals surface area contributed by atoms with Gasteiger partial charge in [0.25, 0.3) is 0 Å². The zero-order valence-corrected chi connectivity index (χ0v) is 13.6. The van der Waals surface area contributed by atoms with Crippen LogP contribution in [0.2, 0.25) is 5.02 Å². The van der Waals surface area contributed by atoms with Crippen LogP contribution in [0.4, 0.5) is 0 Å². The molecule has 0 aliphatic rings. The van der Waals surface area contributed by atoms with Crippen LogP contribution in [0.25, 0.3) is 0 Å². The summed E-state index contributed by atoms with van der Waals surface area (Å²) in [6, 6.07) is 8.71. The van der Waals surface area contributed by atoms with Crippen LogP contribution in [0, 0.1) is 11.3 Å². The van der Waals surface area contributed by atoms with Crippen LogP contribution >= 0.6 is 38.9 Å². The fourth-order valence-corrected chi connectivity index (χ4v) is 3.52. The highest BCUT2D eigenvalue weighted by molar-refractivity contribution is 9.10. The summed E-state index contributed by atoms with van der Waals surface area (Å²) in [4.78, 5) is 13.0. The van der Waals surface area contributed by atoms with Gasteiger partial charge in [-0.25, -0.2) is 0 Å². The normalized spacial score (nSPS) is 11.7. The molecule has 20 heavy (non-hydrogen) atoms. The maximum Gasteiger partial charge on any atom is 0.195 e. The van der Waals surface area contributed by atoms with Crippen molar-refractivity contribution in [3.8, 4) is 11.8 Å². The molecule has 0 amide bonds. The molecule has 1 unspecified atom stereocenters. The van der Waals surface area contributed by atoms with Gasteiger partial charge in [-0.2, -0.15) is 5.26 Å². The monoisotopic (exact) mass is 369 g/mol. The molecule has 102 valence electrons. The zero-order chi connectivity index (χ0) is 14.7. The van der Waals surface area contributed by atoms with E-state index in [1.54, 1.807) is 29.6 Å². The molecule has 1 heterocycles. The van der Waals surface area contributed by atoms with E-state index in [1.165, 1.54) is 18.4 Å². The van der Waals surface area contributed by atoms with Crippen molar-refractivity contribution in [1.82, 2.24) is 0 Å². The van der Waals surface area contributed by atoms with E-state index >= 15 is 0 Å². The molecule has 1 atom stereocenters. The van der Waals surface area contributed by atoms with E-state index in [9.17, 15) is 10.1 Å². The third kappa shape index (κ3) is 2.88. The van der Waals surface area contributed by atoms with Gasteiger partial charge in [0.1, 0.15) is 11.7 Å². The Hall–Kier alpha value is -1.35. The molecule has 0 aliphatic carbocycles. The number of halogens is 2. The van der Waals surface area contributed by atoms with Gasteiger partial charge in [-0.1, -0.05) is 11.6 Å². The average Bonchev–Trinajstić information content (AvgIpc) is 2.86. The van der Waals surface area contributed by atoms with Gasteiger partial charge in [0.15, 0.2) is 5.78 Å². The van der Waals surface area contributed by atoms with Gasteiger partial charge in [-0.05, 0) is 45.6 Å². The summed E-state index contributed by atoms with van der Waals surface area (Å²) in [5.74, 6) is -0.740. The van der Waals surface area contributed by atoms with E-state index in [2.05, 4.69) is 15.9 Å². The smallest absolute Gasteiger partial charge is 0.195 e. The van der Waals surface area contributed by atoms with Gasteiger partial charge in [0.05, 0.1) is 18.1 Å². The molecule has 0 fully saturated rings. The third-order valence-electron chi connectivity index (χ3n) is 2.74. The Balaban J connectivity index is 2.49. The van der Waals surface area contributed by atoms with Crippen LogP contribution in [0.5, 0.6) is 5.75 Å². The predicted octanol–water partition coefficient (Wildman–Crippen LogP) is 4.66. The summed E-state index contributed by atoms with van der Waals surface area (Å²) in [6.07, 6.45) is 0. The first kappa shape index (κ1) is 15.0. The van der Waals surface area contributed by atoms with E-state index in [1.807, 2.05) is 6.07 Å². The number of carbonyl (C=O) groups is 1. The molecular weight excluding hydrogens is 362 g/mol. The highest BCUT2D eigenvalue weighted by Crippen LogP contribution is 2.34. The topological polar surface area (TPSA) is 50.1 Å². The molecule has 1 aromatic heterocycles. The Bertz CT molecular complexity index is 693. The number of Topliss-reactive ketones (excluding diaryl/α,β-unsaturated/α-hetero) is 1. The van der Waals surface area contributed by atoms with Gasteiger partial charge < -0.3 is 4.74 Å². The van der Waals surface area contributed by atoms with Crippen molar-refractivity contribution in [3.63, 3.8) is 0 Å². The number of ketones is 1. The van der Waals surface area contributed by atoms with E-state index in [0.29, 0.717) is 25.7 Å². The van der Waals surface area contributed by atoms with Crippen LogP contribution in [0.3, 0.4) is 0 Å². The van der Waals surface area contributed by atoms with Crippen molar-refractivity contribution in [2.45, 2.75) is 5.92 Å². The first-order valence-electron chi connectivity index (χ1n) is 5.58. The lowest BCUT2D eigenvalue weighted by atomic mass is 9.94. The highest BCUT2D eigenvalue weighted by Gasteiger charge is 2.27. The number of nitrogens with zero attached hydrogens (tertiary/aromatic N) is 1. The second-order valence-corrected chi connectivity index (χ2v) is 6.12. The molecule has 2 aromatic rings. The maximum absolute atomic E-state index is 12.5. The molecule has 0 saturated heterocycles. The number of hydrogen-bond acceptors (Lipinski definition) is 4. The lowest BCUT2D eigenvalue weighted by Crippen LogP contribution is -2.11. The Kier molecular flexibility index (Phi) is 4.81. The second-order valence-electron chi connectivity index (χ2n) is 3.91. The molecule has 0 N–H and O–H groups in total. The maximum atomic E-state index is 12.5. The second kappa shape index (κ2) is 6.40. The number of thiophene rings is 1. The summed E-state index contributed by atoms with van der Waals surface area (Å²) in [6.45, 7) is 0. The van der Waals surface area contributed by atoms with Crippen LogP contribution in [-0.4, -0.2) is 12.9 Å². The largest absolute Gasteiger partial charge is 0.496 e. The van der Waals surface area contributed by atoms with E-state index in [0.717, 1.165) is 0 Å². The highest BCUT2D eigenvalue weighted by atomic mass is 79.9. The first-order valence-corrected chi connectivity index (χ1v) is 7.63. The average molecular weight is 371 g/mol. The van der Waals surface area contributed by atoms with Crippen molar-refractivity contribution < 1.29 is 9.53 Å². The molecule has 0 radical (unpaired) electrons. The van der Waals surface area contributed by atoms with Gasteiger partial charge in [-0.3, -0.25) is 4.79 Å². The quantitative estimate of drug-likeness (QED) is 0.735. The van der Waals surface area contributed by atoms with Gasteiger partial charge in [0.2, 0.25) is 0 Å². The van der Waals surface area contributed by atoms with E-state index in [-0.39, 0.29) is 5.78 Å². The third-order valence-corrected chi connectivity index (χ3v) is 4.82. The summed E-state index contributed by atoms with van der Waals surface area (Å²) in [5.41, 5.74) is 0.479. The van der Waals surface area contributed by atoms with Gasteiger partial charge in [0, 0.05) is 15.1 Å². The lowest BCUT2D eigenvalue weighted by Gasteiger charge is -2.13. The number of carbonyl (C=O) groups excluding carboxylic acids is 1. The van der Waals surface area contributed by atoms with Crippen molar-refractivity contribution in [2.75, 3.05) is 7.11 Å². The number of benzene rings is 1. The minimum absolute atomic E-state index is 0.269. The van der Waals surface area contributed by atoms with E-state index < -0.39 is 5.92 Å². The number of nitriles is 1. The molecule has 0 spiro atoms. The number of ether oxygens (including phenoxy) is 1.